The van der Waals surface area contributed by atoms with Crippen LogP contribution in [0, 0.1) is 22.7 Å². The van der Waals surface area contributed by atoms with Crippen molar-refractivity contribution in [2.24, 2.45) is 11.3 Å². The predicted octanol–water partition coefficient (Wildman–Crippen LogP) is 3.33. The highest BCUT2D eigenvalue weighted by Crippen LogP contribution is 2.51. The van der Waals surface area contributed by atoms with E-state index in [4.69, 9.17) is 0 Å². The third-order valence-corrected chi connectivity index (χ3v) is 6.02. The maximum Gasteiger partial charge on any atom is 0.0861 e. The standard InChI is InChI=1S/C17H30N2O/c1-4-5-15-6-8-16(13-18,9-7-15)17(20)10-11-19(3)14(2)12-17/h14-15,20H,4-12H2,1-3H3. The zero-order valence-electron chi connectivity index (χ0n) is 13.4. The van der Waals surface area contributed by atoms with Crippen LogP contribution in [0.2, 0.25) is 0 Å². The van der Waals surface area contributed by atoms with Crippen LogP contribution < -0.4 is 0 Å². The molecule has 3 heteroatoms. The highest BCUT2D eigenvalue weighted by molar-refractivity contribution is 5.15. The molecule has 1 aliphatic carbocycles. The van der Waals surface area contributed by atoms with Crippen molar-refractivity contribution >= 4 is 0 Å². The van der Waals surface area contributed by atoms with Gasteiger partial charge in [-0.15, -0.1) is 0 Å². The van der Waals surface area contributed by atoms with E-state index in [9.17, 15) is 10.4 Å². The molecule has 0 aromatic carbocycles. The van der Waals surface area contributed by atoms with Gasteiger partial charge in [-0.3, -0.25) is 0 Å². The topological polar surface area (TPSA) is 47.3 Å². The lowest BCUT2D eigenvalue weighted by atomic mass is 9.58. The van der Waals surface area contributed by atoms with Crippen LogP contribution in [-0.2, 0) is 0 Å². The van der Waals surface area contributed by atoms with Crippen LogP contribution in [0.3, 0.4) is 0 Å². The molecule has 2 fully saturated rings. The van der Waals surface area contributed by atoms with Gasteiger partial charge in [0, 0.05) is 12.6 Å². The second-order valence-corrected chi connectivity index (χ2v) is 7.24. The van der Waals surface area contributed by atoms with E-state index < -0.39 is 11.0 Å². The summed E-state index contributed by atoms with van der Waals surface area (Å²) in [5, 5.41) is 21.0. The molecular weight excluding hydrogens is 248 g/mol. The van der Waals surface area contributed by atoms with Crippen LogP contribution in [0.1, 0.15) is 65.2 Å². The van der Waals surface area contributed by atoms with E-state index >= 15 is 0 Å². The highest BCUT2D eigenvalue weighted by atomic mass is 16.3. The van der Waals surface area contributed by atoms with Gasteiger partial charge in [-0.25, -0.2) is 0 Å². The number of piperidine rings is 1. The van der Waals surface area contributed by atoms with E-state index in [1.807, 2.05) is 0 Å². The fourth-order valence-corrected chi connectivity index (χ4v) is 4.31. The maximum absolute atomic E-state index is 11.2. The van der Waals surface area contributed by atoms with Crippen LogP contribution >= 0.6 is 0 Å². The third kappa shape index (κ3) is 2.73. The van der Waals surface area contributed by atoms with E-state index in [0.717, 1.165) is 51.0 Å². The summed E-state index contributed by atoms with van der Waals surface area (Å²) in [6, 6.07) is 2.93. The molecule has 20 heavy (non-hydrogen) atoms. The second-order valence-electron chi connectivity index (χ2n) is 7.24. The third-order valence-electron chi connectivity index (χ3n) is 6.02. The summed E-state index contributed by atoms with van der Waals surface area (Å²) < 4.78 is 0. The van der Waals surface area contributed by atoms with E-state index in [2.05, 4.69) is 31.9 Å². The second kappa shape index (κ2) is 6.03. The van der Waals surface area contributed by atoms with E-state index in [0.29, 0.717) is 6.04 Å². The highest BCUT2D eigenvalue weighted by Gasteiger charge is 2.54. The fraction of sp³-hybridized carbons (Fsp3) is 0.941. The molecule has 0 aromatic heterocycles. The molecule has 114 valence electrons. The monoisotopic (exact) mass is 278 g/mol. The first kappa shape index (κ1) is 15.8. The van der Waals surface area contributed by atoms with Gasteiger partial charge in [0.15, 0.2) is 0 Å². The normalized spacial score (nSPS) is 43.1. The molecule has 1 aliphatic heterocycles. The molecule has 1 heterocycles. The molecular formula is C17H30N2O. The summed E-state index contributed by atoms with van der Waals surface area (Å²) in [5.74, 6) is 0.772. The average molecular weight is 278 g/mol. The predicted molar refractivity (Wildman–Crippen MR) is 81.2 cm³/mol. The number of nitriles is 1. The Morgan fingerprint density at radius 1 is 1.30 bits per heavy atom. The molecule has 1 N–H and O–H groups in total. The molecule has 2 unspecified atom stereocenters. The van der Waals surface area contributed by atoms with E-state index in [1.165, 1.54) is 12.8 Å². The Kier molecular flexibility index (Phi) is 4.76. The van der Waals surface area contributed by atoms with Crippen LogP contribution in [0.25, 0.3) is 0 Å². The van der Waals surface area contributed by atoms with Crippen molar-refractivity contribution in [3.05, 3.63) is 0 Å². The number of likely N-dealkylation sites (tertiary alicyclic amines) is 1. The first-order valence-corrected chi connectivity index (χ1v) is 8.30. The van der Waals surface area contributed by atoms with Crippen molar-refractivity contribution in [2.45, 2.75) is 76.9 Å². The first-order valence-electron chi connectivity index (χ1n) is 8.30. The summed E-state index contributed by atoms with van der Waals surface area (Å²) >= 11 is 0. The van der Waals surface area contributed by atoms with Crippen molar-refractivity contribution < 1.29 is 5.11 Å². The molecule has 0 bridgehead atoms. The quantitative estimate of drug-likeness (QED) is 0.861. The van der Waals surface area contributed by atoms with Gasteiger partial charge in [0.25, 0.3) is 0 Å². The molecule has 0 radical (unpaired) electrons. The average Bonchev–Trinajstić information content (AvgIpc) is 2.45. The van der Waals surface area contributed by atoms with Crippen molar-refractivity contribution in [2.75, 3.05) is 13.6 Å². The lowest BCUT2D eigenvalue weighted by Crippen LogP contribution is -2.57. The van der Waals surface area contributed by atoms with E-state index in [-0.39, 0.29) is 0 Å². The molecule has 0 aromatic rings. The first-order chi connectivity index (χ1) is 9.46. The SMILES string of the molecule is CCCC1CCC(C#N)(C2(O)CCN(C)C(C)C2)CC1. The summed E-state index contributed by atoms with van der Waals surface area (Å²) in [6.45, 7) is 5.30. The minimum absolute atomic E-state index is 0.368. The number of hydrogen-bond acceptors (Lipinski definition) is 3. The molecule has 1 saturated carbocycles. The van der Waals surface area contributed by atoms with Gasteiger partial charge in [0.1, 0.15) is 0 Å². The van der Waals surface area contributed by atoms with Gasteiger partial charge in [-0.2, -0.15) is 5.26 Å². The minimum Gasteiger partial charge on any atom is -0.388 e. The van der Waals surface area contributed by atoms with Gasteiger partial charge in [-0.05, 0) is 58.4 Å². The van der Waals surface area contributed by atoms with Gasteiger partial charge in [-0.1, -0.05) is 19.8 Å². The lowest BCUT2D eigenvalue weighted by molar-refractivity contribution is -0.123. The van der Waals surface area contributed by atoms with Crippen molar-refractivity contribution in [3.63, 3.8) is 0 Å². The molecule has 0 spiro atoms. The van der Waals surface area contributed by atoms with Gasteiger partial charge in [0.2, 0.25) is 0 Å². The van der Waals surface area contributed by atoms with Crippen LogP contribution in [-0.4, -0.2) is 35.2 Å². The summed E-state index contributed by atoms with van der Waals surface area (Å²) in [5.41, 5.74) is -1.27. The fourth-order valence-electron chi connectivity index (χ4n) is 4.31. The molecule has 1 saturated heterocycles. The van der Waals surface area contributed by atoms with Gasteiger partial charge >= 0.3 is 0 Å². The Labute approximate surface area is 124 Å². The number of nitrogens with zero attached hydrogens (tertiary/aromatic N) is 2. The molecule has 2 rings (SSSR count). The summed E-state index contributed by atoms with van der Waals surface area (Å²) in [7, 11) is 2.11. The van der Waals surface area contributed by atoms with Gasteiger partial charge in [0.05, 0.1) is 17.1 Å². The Morgan fingerprint density at radius 2 is 1.95 bits per heavy atom. The Bertz CT molecular complexity index is 368. The molecule has 0 amide bonds. The zero-order chi connectivity index (χ0) is 14.8. The van der Waals surface area contributed by atoms with Gasteiger partial charge < -0.3 is 10.0 Å². The van der Waals surface area contributed by atoms with Crippen molar-refractivity contribution in [1.82, 2.24) is 4.90 Å². The van der Waals surface area contributed by atoms with Crippen LogP contribution in [0.15, 0.2) is 0 Å². The minimum atomic E-state index is -0.773. The van der Waals surface area contributed by atoms with E-state index in [1.54, 1.807) is 0 Å². The van der Waals surface area contributed by atoms with Crippen LogP contribution in [0.5, 0.6) is 0 Å². The Hall–Kier alpha value is -0.590. The van der Waals surface area contributed by atoms with Crippen molar-refractivity contribution in [1.29, 1.82) is 5.26 Å². The molecule has 2 aliphatic rings. The Balaban J connectivity index is 2.10. The largest absolute Gasteiger partial charge is 0.388 e. The number of hydrogen-bond donors (Lipinski definition) is 1. The Morgan fingerprint density at radius 3 is 2.45 bits per heavy atom. The lowest BCUT2D eigenvalue weighted by Gasteiger charge is -2.51. The molecule has 3 nitrogen and oxygen atoms in total. The van der Waals surface area contributed by atoms with Crippen LogP contribution in [0.4, 0.5) is 0 Å². The molecule has 2 atom stereocenters. The van der Waals surface area contributed by atoms with Crippen molar-refractivity contribution in [3.8, 4) is 6.07 Å². The summed E-state index contributed by atoms with van der Waals surface area (Å²) in [6.07, 6.45) is 8.02. The zero-order valence-corrected chi connectivity index (χ0v) is 13.4. The summed E-state index contributed by atoms with van der Waals surface area (Å²) in [4.78, 5) is 2.29. The smallest absolute Gasteiger partial charge is 0.0861 e. The number of rotatable bonds is 3. The maximum atomic E-state index is 11.2. The number of aliphatic hydroxyl groups is 1.